The third-order valence-electron chi connectivity index (χ3n) is 1.70. The van der Waals surface area contributed by atoms with Crippen molar-refractivity contribution in [1.82, 2.24) is 0 Å². The van der Waals surface area contributed by atoms with Crippen LogP contribution in [-0.2, 0) is 0 Å². The molecule has 1 aromatic carbocycles. The Balaban J connectivity index is 3.13. The van der Waals surface area contributed by atoms with Gasteiger partial charge in [0.1, 0.15) is 0 Å². The van der Waals surface area contributed by atoms with Crippen LogP contribution in [-0.4, -0.2) is 6.36 Å². The molecule has 1 aromatic rings. The zero-order valence-corrected chi connectivity index (χ0v) is 7.57. The molecule has 0 N–H and O–H groups in total. The first-order valence-electron chi connectivity index (χ1n) is 3.82. The Labute approximate surface area is 78.3 Å². The number of ether oxygens (including phenoxy) is 1. The fourth-order valence-electron chi connectivity index (χ4n) is 0.992. The van der Waals surface area contributed by atoms with Gasteiger partial charge in [-0.05, 0) is 25.0 Å². The summed E-state index contributed by atoms with van der Waals surface area (Å²) in [6, 6.07) is 2.77. The highest BCUT2D eigenvalue weighted by molar-refractivity contribution is 5.38. The van der Waals surface area contributed by atoms with Crippen LogP contribution in [0.2, 0.25) is 0 Å². The van der Waals surface area contributed by atoms with Gasteiger partial charge in [-0.3, -0.25) is 0 Å². The summed E-state index contributed by atoms with van der Waals surface area (Å²) < 4.78 is 52.3. The average molecular weight is 208 g/mol. The molecule has 0 aliphatic rings. The van der Waals surface area contributed by atoms with E-state index >= 15 is 0 Å². The van der Waals surface area contributed by atoms with Crippen LogP contribution >= 0.6 is 0 Å². The minimum atomic E-state index is -4.86. The van der Waals surface area contributed by atoms with Crippen molar-refractivity contribution in [2.24, 2.45) is 0 Å². The van der Waals surface area contributed by atoms with Crippen molar-refractivity contribution in [2.45, 2.75) is 20.2 Å². The Morgan fingerprint density at radius 2 is 1.57 bits per heavy atom. The van der Waals surface area contributed by atoms with Gasteiger partial charge in [-0.1, -0.05) is 12.1 Å². The first-order chi connectivity index (χ1) is 6.31. The smallest absolute Gasteiger partial charge is 0.402 e. The molecule has 78 valence electrons. The largest absolute Gasteiger partial charge is 0.573 e. The predicted molar refractivity (Wildman–Crippen MR) is 42.6 cm³/mol. The molecule has 0 saturated carbocycles. The highest BCUT2D eigenvalue weighted by Crippen LogP contribution is 2.30. The average Bonchev–Trinajstić information content (AvgIpc) is 2.04. The van der Waals surface area contributed by atoms with Crippen molar-refractivity contribution in [3.05, 3.63) is 29.1 Å². The van der Waals surface area contributed by atoms with E-state index in [2.05, 4.69) is 4.74 Å². The first kappa shape index (κ1) is 10.8. The molecule has 0 atom stereocenters. The topological polar surface area (TPSA) is 9.23 Å². The highest BCUT2D eigenvalue weighted by atomic mass is 19.4. The van der Waals surface area contributed by atoms with Gasteiger partial charge in [0.2, 0.25) is 0 Å². The van der Waals surface area contributed by atoms with Crippen LogP contribution in [0.15, 0.2) is 12.1 Å². The SMILES string of the molecule is Cc1ccc(C)c(OC(F)(F)F)c1F. The van der Waals surface area contributed by atoms with Gasteiger partial charge >= 0.3 is 6.36 Å². The number of rotatable bonds is 1. The molecule has 0 spiro atoms. The Morgan fingerprint density at radius 1 is 1.07 bits per heavy atom. The molecular weight excluding hydrogens is 200 g/mol. The summed E-state index contributed by atoms with van der Waals surface area (Å²) >= 11 is 0. The lowest BCUT2D eigenvalue weighted by molar-refractivity contribution is -0.275. The van der Waals surface area contributed by atoms with E-state index in [1.807, 2.05) is 0 Å². The summed E-state index contributed by atoms with van der Waals surface area (Å²) in [4.78, 5) is 0. The van der Waals surface area contributed by atoms with Crippen LogP contribution in [0.4, 0.5) is 17.6 Å². The van der Waals surface area contributed by atoms with Gasteiger partial charge in [-0.2, -0.15) is 0 Å². The van der Waals surface area contributed by atoms with E-state index in [4.69, 9.17) is 0 Å². The summed E-state index contributed by atoms with van der Waals surface area (Å²) in [5, 5.41) is 0. The highest BCUT2D eigenvalue weighted by Gasteiger charge is 2.33. The normalized spacial score (nSPS) is 11.6. The fourth-order valence-corrected chi connectivity index (χ4v) is 0.992. The molecule has 0 amide bonds. The molecule has 0 aromatic heterocycles. The minimum absolute atomic E-state index is 0.116. The summed E-state index contributed by atoms with van der Waals surface area (Å²) in [5.74, 6) is -1.72. The Bertz CT molecular complexity index is 343. The summed E-state index contributed by atoms with van der Waals surface area (Å²) in [6.07, 6.45) is -4.86. The second kappa shape index (κ2) is 3.48. The second-order valence-electron chi connectivity index (χ2n) is 2.89. The molecule has 0 fully saturated rings. The molecular formula is C9H8F4O. The van der Waals surface area contributed by atoms with Crippen LogP contribution in [0.3, 0.4) is 0 Å². The Kier molecular flexibility index (Phi) is 2.69. The minimum Gasteiger partial charge on any atom is -0.402 e. The zero-order valence-electron chi connectivity index (χ0n) is 7.57. The Morgan fingerprint density at radius 3 is 2.07 bits per heavy atom. The van der Waals surface area contributed by atoms with Gasteiger partial charge in [-0.15, -0.1) is 13.2 Å². The number of hydrogen-bond donors (Lipinski definition) is 0. The lowest BCUT2D eigenvalue weighted by atomic mass is 10.1. The van der Waals surface area contributed by atoms with Gasteiger partial charge in [0.15, 0.2) is 11.6 Å². The van der Waals surface area contributed by atoms with E-state index in [-0.39, 0.29) is 11.1 Å². The summed E-state index contributed by atoms with van der Waals surface area (Å²) in [6.45, 7) is 2.72. The number of alkyl halides is 3. The molecule has 5 heteroatoms. The maximum atomic E-state index is 13.2. The Hall–Kier alpha value is -1.26. The van der Waals surface area contributed by atoms with E-state index in [0.717, 1.165) is 0 Å². The van der Waals surface area contributed by atoms with Gasteiger partial charge < -0.3 is 4.74 Å². The number of halogens is 4. The van der Waals surface area contributed by atoms with E-state index in [9.17, 15) is 17.6 Å². The maximum absolute atomic E-state index is 13.2. The van der Waals surface area contributed by atoms with Crippen molar-refractivity contribution in [1.29, 1.82) is 0 Å². The van der Waals surface area contributed by atoms with Gasteiger partial charge in [-0.25, -0.2) is 4.39 Å². The standard InChI is InChI=1S/C9H8F4O/c1-5-3-4-6(2)8(7(5)10)14-9(11,12)13/h3-4H,1-2H3. The van der Waals surface area contributed by atoms with Crippen LogP contribution in [0.1, 0.15) is 11.1 Å². The molecule has 1 rings (SSSR count). The van der Waals surface area contributed by atoms with Crippen molar-refractivity contribution < 1.29 is 22.3 Å². The molecule has 14 heavy (non-hydrogen) atoms. The van der Waals surface area contributed by atoms with Gasteiger partial charge in [0, 0.05) is 0 Å². The predicted octanol–water partition coefficient (Wildman–Crippen LogP) is 3.34. The van der Waals surface area contributed by atoms with Crippen molar-refractivity contribution >= 4 is 0 Å². The second-order valence-corrected chi connectivity index (χ2v) is 2.89. The molecule has 0 bridgehead atoms. The van der Waals surface area contributed by atoms with E-state index in [0.29, 0.717) is 0 Å². The lowest BCUT2D eigenvalue weighted by Crippen LogP contribution is -2.19. The third-order valence-corrected chi connectivity index (χ3v) is 1.70. The molecule has 0 aliphatic heterocycles. The van der Waals surface area contributed by atoms with E-state index < -0.39 is 17.9 Å². The quantitative estimate of drug-likeness (QED) is 0.643. The van der Waals surface area contributed by atoms with Gasteiger partial charge in [0.05, 0.1) is 0 Å². The first-order valence-corrected chi connectivity index (χ1v) is 3.82. The van der Waals surface area contributed by atoms with E-state index in [1.165, 1.54) is 26.0 Å². The summed E-state index contributed by atoms with van der Waals surface area (Å²) in [7, 11) is 0. The maximum Gasteiger partial charge on any atom is 0.573 e. The number of hydrogen-bond acceptors (Lipinski definition) is 1. The molecule has 0 aliphatic carbocycles. The molecule has 0 saturated heterocycles. The molecule has 0 heterocycles. The molecule has 1 nitrogen and oxygen atoms in total. The fraction of sp³-hybridized carbons (Fsp3) is 0.333. The van der Waals surface area contributed by atoms with Crippen LogP contribution < -0.4 is 4.74 Å². The van der Waals surface area contributed by atoms with Crippen molar-refractivity contribution in [3.8, 4) is 5.75 Å². The third kappa shape index (κ3) is 2.37. The lowest BCUT2D eigenvalue weighted by Gasteiger charge is -2.12. The monoisotopic (exact) mass is 208 g/mol. The van der Waals surface area contributed by atoms with Crippen LogP contribution in [0.5, 0.6) is 5.75 Å². The zero-order chi connectivity index (χ0) is 10.9. The number of aryl methyl sites for hydroxylation is 2. The van der Waals surface area contributed by atoms with Crippen molar-refractivity contribution in [3.63, 3.8) is 0 Å². The van der Waals surface area contributed by atoms with Crippen LogP contribution in [0.25, 0.3) is 0 Å². The molecule has 0 radical (unpaired) electrons. The van der Waals surface area contributed by atoms with Crippen molar-refractivity contribution in [2.75, 3.05) is 0 Å². The number of benzene rings is 1. The summed E-state index contributed by atoms with van der Waals surface area (Å²) in [5.41, 5.74) is 0.236. The van der Waals surface area contributed by atoms with E-state index in [1.54, 1.807) is 0 Å². The molecule has 0 unspecified atom stereocenters. The van der Waals surface area contributed by atoms with Gasteiger partial charge in [0.25, 0.3) is 0 Å². The van der Waals surface area contributed by atoms with Crippen LogP contribution in [0, 0.1) is 19.7 Å².